The minimum Gasteiger partial charge on any atom is -0.394 e. The largest absolute Gasteiger partial charge is 0.394 e. The van der Waals surface area contributed by atoms with Gasteiger partial charge in [-0.1, -0.05) is 0 Å². The number of aliphatic hydroxyl groups is 5. The summed E-state index contributed by atoms with van der Waals surface area (Å²) in [4.78, 5) is 21.6. The molecule has 9 nitrogen and oxygen atoms in total. The summed E-state index contributed by atoms with van der Waals surface area (Å²) in [6.45, 7) is -1.13. The third-order valence-corrected chi connectivity index (χ3v) is 2.71. The van der Waals surface area contributed by atoms with Crippen LogP contribution in [0.2, 0.25) is 0 Å². The molecule has 5 unspecified atom stereocenters. The minimum atomic E-state index is -1.74. The van der Waals surface area contributed by atoms with Gasteiger partial charge in [0.2, 0.25) is 5.91 Å². The molecule has 8 N–H and O–H groups in total. The minimum absolute atomic E-state index is 0.0233. The number of amides is 1. The summed E-state index contributed by atoms with van der Waals surface area (Å²) in [6, 6.07) is -0.738. The van der Waals surface area contributed by atoms with Crippen molar-refractivity contribution in [2.24, 2.45) is 5.73 Å². The monoisotopic (exact) mass is 294 g/mol. The Labute approximate surface area is 116 Å². The van der Waals surface area contributed by atoms with Gasteiger partial charge in [-0.25, -0.2) is 0 Å². The molecule has 0 saturated carbocycles. The van der Waals surface area contributed by atoms with Crippen LogP contribution >= 0.6 is 0 Å². The van der Waals surface area contributed by atoms with Crippen molar-refractivity contribution >= 4 is 12.2 Å². The normalized spacial score (nSPS) is 18.7. The summed E-state index contributed by atoms with van der Waals surface area (Å²) in [5.41, 5.74) is 5.29. The van der Waals surface area contributed by atoms with Crippen molar-refractivity contribution in [3.05, 3.63) is 0 Å². The summed E-state index contributed by atoms with van der Waals surface area (Å²) in [6.07, 6.45) is -5.94. The second kappa shape index (κ2) is 9.75. The Bertz CT molecular complexity index is 302. The average molecular weight is 294 g/mol. The van der Waals surface area contributed by atoms with E-state index >= 15 is 0 Å². The summed E-state index contributed by atoms with van der Waals surface area (Å²) >= 11 is 0. The van der Waals surface area contributed by atoms with E-state index in [9.17, 15) is 24.9 Å². The summed E-state index contributed by atoms with van der Waals surface area (Å²) in [5, 5.41) is 48.3. The standard InChI is InChI=1S/C11H22N2O7/c12-6(4-14)1-2-9(18)13-3-7(16)10(19)11(20)8(17)5-15/h4,6-8,10-11,15-17,19-20H,1-3,5,12H2,(H,13,18). The molecule has 118 valence electrons. The molecule has 0 aliphatic rings. The van der Waals surface area contributed by atoms with Gasteiger partial charge in [0.1, 0.15) is 24.6 Å². The zero-order valence-corrected chi connectivity index (χ0v) is 10.9. The van der Waals surface area contributed by atoms with Gasteiger partial charge in [-0.2, -0.15) is 0 Å². The molecule has 0 spiro atoms. The Kier molecular flexibility index (Phi) is 9.21. The zero-order chi connectivity index (χ0) is 15.7. The van der Waals surface area contributed by atoms with Gasteiger partial charge >= 0.3 is 0 Å². The number of nitrogens with one attached hydrogen (secondary N) is 1. The first-order chi connectivity index (χ1) is 9.33. The first kappa shape index (κ1) is 18.9. The van der Waals surface area contributed by atoms with Crippen molar-refractivity contribution in [1.82, 2.24) is 5.32 Å². The quantitative estimate of drug-likeness (QED) is 0.199. The molecule has 0 aromatic carbocycles. The van der Waals surface area contributed by atoms with Gasteiger partial charge < -0.3 is 41.4 Å². The lowest BCUT2D eigenvalue weighted by Crippen LogP contribution is -2.49. The number of nitrogens with two attached hydrogens (primary N) is 1. The highest BCUT2D eigenvalue weighted by Crippen LogP contribution is 2.04. The van der Waals surface area contributed by atoms with Crippen LogP contribution in [-0.4, -0.2) is 81.3 Å². The van der Waals surface area contributed by atoms with E-state index in [0.717, 1.165) is 0 Å². The number of carbonyl (C=O) groups excluding carboxylic acids is 2. The zero-order valence-electron chi connectivity index (χ0n) is 10.9. The van der Waals surface area contributed by atoms with Crippen LogP contribution in [0, 0.1) is 0 Å². The molecule has 0 aliphatic carbocycles. The first-order valence-corrected chi connectivity index (χ1v) is 6.14. The molecular formula is C11H22N2O7. The lowest BCUT2D eigenvalue weighted by Gasteiger charge is -2.25. The smallest absolute Gasteiger partial charge is 0.220 e. The second-order valence-corrected chi connectivity index (χ2v) is 4.44. The fourth-order valence-corrected chi connectivity index (χ4v) is 1.36. The van der Waals surface area contributed by atoms with E-state index in [1.165, 1.54) is 0 Å². The van der Waals surface area contributed by atoms with Gasteiger partial charge in [0, 0.05) is 13.0 Å². The van der Waals surface area contributed by atoms with E-state index in [-0.39, 0.29) is 19.4 Å². The molecule has 0 heterocycles. The van der Waals surface area contributed by atoms with Crippen LogP contribution < -0.4 is 11.1 Å². The molecule has 5 atom stereocenters. The highest BCUT2D eigenvalue weighted by molar-refractivity contribution is 5.76. The van der Waals surface area contributed by atoms with Gasteiger partial charge in [-0.15, -0.1) is 0 Å². The van der Waals surface area contributed by atoms with Crippen LogP contribution in [0.4, 0.5) is 0 Å². The molecular weight excluding hydrogens is 272 g/mol. The molecule has 0 bridgehead atoms. The molecule has 0 aliphatic heterocycles. The number of rotatable bonds is 10. The van der Waals surface area contributed by atoms with Crippen molar-refractivity contribution in [3.63, 3.8) is 0 Å². The average Bonchev–Trinajstić information content (AvgIpc) is 2.47. The van der Waals surface area contributed by atoms with Crippen LogP contribution in [0.3, 0.4) is 0 Å². The maximum absolute atomic E-state index is 11.3. The molecule has 1 amide bonds. The fraction of sp³-hybridized carbons (Fsp3) is 0.818. The molecule has 0 aromatic rings. The predicted molar refractivity (Wildman–Crippen MR) is 67.4 cm³/mol. The maximum atomic E-state index is 11.3. The number of aliphatic hydroxyl groups excluding tert-OH is 5. The van der Waals surface area contributed by atoms with Crippen molar-refractivity contribution in [3.8, 4) is 0 Å². The van der Waals surface area contributed by atoms with E-state index in [1.807, 2.05) is 0 Å². The molecule has 0 aromatic heterocycles. The molecule has 0 saturated heterocycles. The van der Waals surface area contributed by atoms with E-state index < -0.39 is 43.0 Å². The molecule has 0 rings (SSSR count). The molecule has 20 heavy (non-hydrogen) atoms. The molecule has 9 heteroatoms. The topological polar surface area (TPSA) is 173 Å². The Morgan fingerprint density at radius 3 is 2.20 bits per heavy atom. The van der Waals surface area contributed by atoms with Gasteiger partial charge in [-0.05, 0) is 6.42 Å². The summed E-state index contributed by atoms with van der Waals surface area (Å²) in [7, 11) is 0. The second-order valence-electron chi connectivity index (χ2n) is 4.44. The number of aldehydes is 1. The number of hydrogen-bond acceptors (Lipinski definition) is 8. The Morgan fingerprint density at radius 2 is 1.70 bits per heavy atom. The third kappa shape index (κ3) is 6.89. The maximum Gasteiger partial charge on any atom is 0.220 e. The number of carbonyl (C=O) groups is 2. The Balaban J connectivity index is 4.05. The van der Waals surface area contributed by atoms with Crippen LogP contribution in [0.15, 0.2) is 0 Å². The van der Waals surface area contributed by atoms with Crippen molar-refractivity contribution in [1.29, 1.82) is 0 Å². The lowest BCUT2D eigenvalue weighted by atomic mass is 10.0. The SMILES string of the molecule is NC(C=O)CCC(=O)NCC(O)C(O)C(O)C(O)CO. The van der Waals surface area contributed by atoms with E-state index in [4.69, 9.17) is 15.9 Å². The third-order valence-electron chi connectivity index (χ3n) is 2.71. The van der Waals surface area contributed by atoms with E-state index in [2.05, 4.69) is 5.32 Å². The van der Waals surface area contributed by atoms with E-state index in [0.29, 0.717) is 6.29 Å². The highest BCUT2D eigenvalue weighted by Gasteiger charge is 2.30. The number of hydrogen-bond donors (Lipinski definition) is 7. The van der Waals surface area contributed by atoms with Crippen LogP contribution in [0.25, 0.3) is 0 Å². The fourth-order valence-electron chi connectivity index (χ4n) is 1.36. The van der Waals surface area contributed by atoms with Crippen LogP contribution in [0.5, 0.6) is 0 Å². The molecule has 0 fully saturated rings. The first-order valence-electron chi connectivity index (χ1n) is 6.14. The van der Waals surface area contributed by atoms with Crippen LogP contribution in [-0.2, 0) is 9.59 Å². The predicted octanol–water partition coefficient (Wildman–Crippen LogP) is -4.16. The summed E-state index contributed by atoms with van der Waals surface area (Å²) in [5.74, 6) is -0.481. The molecule has 0 radical (unpaired) electrons. The summed E-state index contributed by atoms with van der Waals surface area (Å²) < 4.78 is 0. The van der Waals surface area contributed by atoms with Gasteiger partial charge in [0.25, 0.3) is 0 Å². The highest BCUT2D eigenvalue weighted by atomic mass is 16.4. The van der Waals surface area contributed by atoms with Crippen molar-refractivity contribution < 1.29 is 35.1 Å². The van der Waals surface area contributed by atoms with Crippen molar-refractivity contribution in [2.75, 3.05) is 13.2 Å². The Hall–Kier alpha value is -1.10. The van der Waals surface area contributed by atoms with Crippen molar-refractivity contribution in [2.45, 2.75) is 43.3 Å². The van der Waals surface area contributed by atoms with Gasteiger partial charge in [0.15, 0.2) is 0 Å². The van der Waals surface area contributed by atoms with Gasteiger partial charge in [0.05, 0.1) is 18.8 Å². The Morgan fingerprint density at radius 1 is 1.15 bits per heavy atom. The van der Waals surface area contributed by atoms with E-state index in [1.54, 1.807) is 0 Å². The van der Waals surface area contributed by atoms with Crippen LogP contribution in [0.1, 0.15) is 12.8 Å². The lowest BCUT2D eigenvalue weighted by molar-refractivity contribution is -0.126. The van der Waals surface area contributed by atoms with Gasteiger partial charge in [-0.3, -0.25) is 4.79 Å².